The number of esters is 1. The SMILES string of the molecule is CC(=O)Oc1c(-c2cn(CCCCCCCCCCOCCCc3ccc[n+](CCCCCCOCCCc4cccnc4)c3)nn2)cc(Cl)c2cccnc12. The second kappa shape index (κ2) is 25.1. The Balaban J connectivity index is 0.822. The van der Waals surface area contributed by atoms with E-state index in [-0.39, 0.29) is 0 Å². The molecule has 300 valence electrons. The fourth-order valence-electron chi connectivity index (χ4n) is 6.91. The summed E-state index contributed by atoms with van der Waals surface area (Å²) in [5.41, 5.74) is 4.40. The summed E-state index contributed by atoms with van der Waals surface area (Å²) in [5.74, 6) is -0.0739. The first kappa shape index (κ1) is 42.9. The van der Waals surface area contributed by atoms with Crippen molar-refractivity contribution in [2.24, 2.45) is 0 Å². The Morgan fingerprint density at radius 3 is 2.16 bits per heavy atom. The number of benzene rings is 1. The third kappa shape index (κ3) is 15.4. The molecule has 1 aromatic carbocycles. The van der Waals surface area contributed by atoms with Crippen molar-refractivity contribution in [1.29, 1.82) is 0 Å². The first-order valence-electron chi connectivity index (χ1n) is 20.8. The van der Waals surface area contributed by atoms with Crippen LogP contribution in [0.3, 0.4) is 0 Å². The Kier molecular flexibility index (Phi) is 19.2. The minimum atomic E-state index is -0.427. The van der Waals surface area contributed by atoms with Crippen molar-refractivity contribution in [2.75, 3.05) is 26.4 Å². The molecule has 0 atom stereocenters. The van der Waals surface area contributed by atoms with Gasteiger partial charge in [0.25, 0.3) is 0 Å². The lowest BCUT2D eigenvalue weighted by Crippen LogP contribution is -2.33. The van der Waals surface area contributed by atoms with Crippen LogP contribution in [0.5, 0.6) is 5.75 Å². The molecule has 0 aliphatic heterocycles. The van der Waals surface area contributed by atoms with Crippen molar-refractivity contribution in [1.82, 2.24) is 25.0 Å². The fourth-order valence-corrected chi connectivity index (χ4v) is 7.17. The van der Waals surface area contributed by atoms with Crippen LogP contribution < -0.4 is 9.30 Å². The molecule has 0 aliphatic carbocycles. The molecular formula is C45H60ClN6O4+. The number of ether oxygens (including phenoxy) is 3. The first-order valence-corrected chi connectivity index (χ1v) is 21.1. The number of nitrogens with zero attached hydrogens (tertiary/aromatic N) is 6. The summed E-state index contributed by atoms with van der Waals surface area (Å²) in [4.78, 5) is 20.5. The topological polar surface area (TPSA) is 105 Å². The molecule has 5 aromatic rings. The predicted molar refractivity (Wildman–Crippen MR) is 222 cm³/mol. The number of fused-ring (bicyclic) bond motifs is 1. The summed E-state index contributed by atoms with van der Waals surface area (Å²) >= 11 is 6.54. The highest BCUT2D eigenvalue weighted by Crippen LogP contribution is 2.39. The largest absolute Gasteiger partial charge is 0.424 e. The zero-order valence-corrected chi connectivity index (χ0v) is 34.0. The van der Waals surface area contributed by atoms with E-state index in [4.69, 9.17) is 25.8 Å². The third-order valence-corrected chi connectivity index (χ3v) is 10.2. The smallest absolute Gasteiger partial charge is 0.308 e. The average Bonchev–Trinajstić information content (AvgIpc) is 3.69. The molecule has 0 fully saturated rings. The van der Waals surface area contributed by atoms with Gasteiger partial charge in [0.2, 0.25) is 0 Å². The molecule has 11 heteroatoms. The van der Waals surface area contributed by atoms with Crippen LogP contribution >= 0.6 is 11.6 Å². The molecule has 4 heterocycles. The third-order valence-electron chi connectivity index (χ3n) is 9.89. The van der Waals surface area contributed by atoms with E-state index in [2.05, 4.69) is 55.4 Å². The molecule has 0 saturated heterocycles. The van der Waals surface area contributed by atoms with Crippen molar-refractivity contribution in [3.05, 3.63) is 95.8 Å². The molecular weight excluding hydrogens is 724 g/mol. The number of hydrogen-bond donors (Lipinski definition) is 0. The second-order valence-electron chi connectivity index (χ2n) is 14.6. The van der Waals surface area contributed by atoms with E-state index in [0.717, 1.165) is 96.3 Å². The van der Waals surface area contributed by atoms with E-state index in [1.54, 1.807) is 18.3 Å². The lowest BCUT2D eigenvalue weighted by atomic mass is 10.1. The minimum Gasteiger partial charge on any atom is -0.424 e. The molecule has 0 aliphatic rings. The molecule has 5 rings (SSSR count). The van der Waals surface area contributed by atoms with Gasteiger partial charge in [-0.15, -0.1) is 5.10 Å². The Bertz CT molecular complexity index is 1870. The standard InChI is InChI=1S/C45H60ClN6O4/c1-37(53)56-45-41(33-42(46)40-23-15-25-48-44(40)45)43-36-52(50-49-43)28-11-6-4-2-3-5-8-12-29-55-32-18-22-39-20-16-27-51(35-39)26-10-7-9-13-30-54-31-17-21-38-19-14-24-47-34-38/h14-16,19-20,23-25,27,33-36H,2-13,17-18,21-22,26,28-32H2,1H3/q+1. The monoisotopic (exact) mass is 783 g/mol. The summed E-state index contributed by atoms with van der Waals surface area (Å²) in [6.45, 7) is 6.60. The van der Waals surface area contributed by atoms with Crippen LogP contribution in [0.25, 0.3) is 22.2 Å². The summed E-state index contributed by atoms with van der Waals surface area (Å²) in [5, 5.41) is 9.90. The molecule has 0 amide bonds. The Morgan fingerprint density at radius 2 is 1.43 bits per heavy atom. The van der Waals surface area contributed by atoms with Crippen LogP contribution in [0.1, 0.15) is 108 Å². The predicted octanol–water partition coefficient (Wildman–Crippen LogP) is 9.73. The van der Waals surface area contributed by atoms with Crippen molar-refractivity contribution in [3.8, 4) is 17.0 Å². The number of aromatic nitrogens is 6. The van der Waals surface area contributed by atoms with Gasteiger partial charge in [-0.05, 0) is 87.3 Å². The number of pyridine rings is 3. The number of hydrogen-bond acceptors (Lipinski definition) is 8. The van der Waals surface area contributed by atoms with Crippen LogP contribution in [0.15, 0.2) is 79.6 Å². The fraction of sp³-hybridized carbons (Fsp3) is 0.511. The van der Waals surface area contributed by atoms with Crippen molar-refractivity contribution >= 4 is 28.5 Å². The second-order valence-corrected chi connectivity index (χ2v) is 15.0. The summed E-state index contributed by atoms with van der Waals surface area (Å²) < 4.78 is 21.5. The molecule has 4 aromatic heterocycles. The summed E-state index contributed by atoms with van der Waals surface area (Å²) in [6, 6.07) is 13.9. The maximum Gasteiger partial charge on any atom is 0.308 e. The van der Waals surface area contributed by atoms with Crippen LogP contribution in [-0.4, -0.2) is 57.4 Å². The number of rotatable bonds is 28. The maximum atomic E-state index is 11.9. The Labute approximate surface area is 338 Å². The summed E-state index contributed by atoms with van der Waals surface area (Å²) in [6.07, 6.45) is 30.3. The van der Waals surface area contributed by atoms with Gasteiger partial charge in [-0.3, -0.25) is 19.4 Å². The van der Waals surface area contributed by atoms with E-state index >= 15 is 0 Å². The average molecular weight is 784 g/mol. The molecule has 0 unspecified atom stereocenters. The van der Waals surface area contributed by atoms with Gasteiger partial charge in [0.05, 0.1) is 16.8 Å². The van der Waals surface area contributed by atoms with Crippen molar-refractivity contribution in [3.63, 3.8) is 0 Å². The van der Waals surface area contributed by atoms with E-state index < -0.39 is 5.97 Å². The maximum absolute atomic E-state index is 11.9. The Hall–Kier alpha value is -4.25. The lowest BCUT2D eigenvalue weighted by Gasteiger charge is -2.11. The number of unbranched alkanes of at least 4 members (excludes halogenated alkanes) is 10. The van der Waals surface area contributed by atoms with Crippen molar-refractivity contribution < 1.29 is 23.6 Å². The van der Waals surface area contributed by atoms with Crippen LogP contribution in [-0.2, 0) is 40.2 Å². The highest BCUT2D eigenvalue weighted by atomic mass is 35.5. The van der Waals surface area contributed by atoms with Gasteiger partial charge in [0.1, 0.15) is 17.8 Å². The van der Waals surface area contributed by atoms with Crippen LogP contribution in [0, 0.1) is 0 Å². The van der Waals surface area contributed by atoms with Gasteiger partial charge >= 0.3 is 5.97 Å². The van der Waals surface area contributed by atoms with E-state index in [1.807, 2.05) is 35.4 Å². The number of aryl methyl sites for hydroxylation is 4. The quantitative estimate of drug-likeness (QED) is 0.0214. The Morgan fingerprint density at radius 1 is 0.768 bits per heavy atom. The zero-order valence-electron chi connectivity index (χ0n) is 33.3. The molecule has 56 heavy (non-hydrogen) atoms. The van der Waals surface area contributed by atoms with Crippen LogP contribution in [0.2, 0.25) is 5.02 Å². The van der Waals surface area contributed by atoms with E-state index in [0.29, 0.717) is 27.5 Å². The molecule has 0 spiro atoms. The molecule has 0 saturated carbocycles. The van der Waals surface area contributed by atoms with Gasteiger partial charge in [0, 0.05) is 81.9 Å². The first-order chi connectivity index (χ1) is 27.6. The van der Waals surface area contributed by atoms with Gasteiger partial charge in [-0.1, -0.05) is 67.8 Å². The van der Waals surface area contributed by atoms with E-state index in [1.165, 1.54) is 69.4 Å². The van der Waals surface area contributed by atoms with Gasteiger partial charge < -0.3 is 14.2 Å². The van der Waals surface area contributed by atoms with Gasteiger partial charge in [0.15, 0.2) is 18.1 Å². The number of carbonyl (C=O) groups excluding carboxylic acids is 1. The lowest BCUT2D eigenvalue weighted by molar-refractivity contribution is -0.697. The molecule has 0 bridgehead atoms. The summed E-state index contributed by atoms with van der Waals surface area (Å²) in [7, 11) is 0. The van der Waals surface area contributed by atoms with Crippen molar-refractivity contribution in [2.45, 2.75) is 123 Å². The normalized spacial score (nSPS) is 11.4. The highest BCUT2D eigenvalue weighted by Gasteiger charge is 2.19. The van der Waals surface area contributed by atoms with Gasteiger partial charge in [-0.25, -0.2) is 4.57 Å². The number of halogens is 1. The highest BCUT2D eigenvalue weighted by molar-refractivity contribution is 6.36. The van der Waals surface area contributed by atoms with Gasteiger partial charge in [-0.2, -0.15) is 0 Å². The molecule has 10 nitrogen and oxygen atoms in total. The number of carbonyl (C=O) groups is 1. The molecule has 0 radical (unpaired) electrons. The van der Waals surface area contributed by atoms with Crippen LogP contribution in [0.4, 0.5) is 0 Å². The minimum absolute atomic E-state index is 0.353. The zero-order chi connectivity index (χ0) is 39.0. The molecule has 0 N–H and O–H groups in total. The van der Waals surface area contributed by atoms with E-state index in [9.17, 15) is 4.79 Å².